The van der Waals surface area contributed by atoms with Gasteiger partial charge in [0.05, 0.1) is 13.2 Å². The zero-order chi connectivity index (χ0) is 21.2. The summed E-state index contributed by atoms with van der Waals surface area (Å²) in [5.74, 6) is 1.70. The van der Waals surface area contributed by atoms with Crippen LogP contribution >= 0.6 is 0 Å². The summed E-state index contributed by atoms with van der Waals surface area (Å²) in [5, 5.41) is 6.80. The molecule has 0 radical (unpaired) electrons. The fourth-order valence-corrected chi connectivity index (χ4v) is 3.52. The van der Waals surface area contributed by atoms with Gasteiger partial charge in [-0.05, 0) is 31.0 Å². The van der Waals surface area contributed by atoms with Gasteiger partial charge in [0.1, 0.15) is 12.4 Å². The Bertz CT molecular complexity index is 832. The molecule has 0 spiro atoms. The van der Waals surface area contributed by atoms with Crippen molar-refractivity contribution in [2.24, 2.45) is 4.99 Å². The fraction of sp³-hybridized carbons (Fsp3) is 0.458. The van der Waals surface area contributed by atoms with Gasteiger partial charge in [-0.2, -0.15) is 0 Å². The van der Waals surface area contributed by atoms with E-state index in [1.54, 1.807) is 7.05 Å². The molecule has 0 bridgehead atoms. The summed E-state index contributed by atoms with van der Waals surface area (Å²) in [6.45, 7) is 10.8. The average Bonchev–Trinajstić information content (AvgIpc) is 2.76. The number of aliphatic imine (C=N–C) groups is 1. The maximum absolute atomic E-state index is 6.08. The topological polar surface area (TPSA) is 58.1 Å². The van der Waals surface area contributed by atoms with Gasteiger partial charge in [0.25, 0.3) is 0 Å². The van der Waals surface area contributed by atoms with Crippen LogP contribution in [0.15, 0.2) is 47.5 Å². The summed E-state index contributed by atoms with van der Waals surface area (Å²) in [7, 11) is 1.79. The van der Waals surface area contributed by atoms with Gasteiger partial charge in [-0.1, -0.05) is 42.0 Å². The second-order valence-corrected chi connectivity index (χ2v) is 7.62. The molecule has 0 amide bonds. The van der Waals surface area contributed by atoms with Crippen LogP contribution in [-0.4, -0.2) is 57.4 Å². The Labute approximate surface area is 180 Å². The van der Waals surface area contributed by atoms with Crippen LogP contribution in [0.1, 0.15) is 22.3 Å². The van der Waals surface area contributed by atoms with Crippen molar-refractivity contribution in [3.05, 3.63) is 64.7 Å². The number of hydrogen-bond acceptors (Lipinski definition) is 4. The van der Waals surface area contributed by atoms with Crippen LogP contribution in [0.5, 0.6) is 5.75 Å². The second kappa shape index (κ2) is 11.6. The summed E-state index contributed by atoms with van der Waals surface area (Å²) in [4.78, 5) is 6.73. The van der Waals surface area contributed by atoms with Crippen molar-refractivity contribution in [2.75, 3.05) is 46.5 Å². The van der Waals surface area contributed by atoms with E-state index >= 15 is 0 Å². The maximum Gasteiger partial charge on any atom is 0.191 e. The predicted molar refractivity (Wildman–Crippen MR) is 122 cm³/mol. The van der Waals surface area contributed by atoms with Gasteiger partial charge in [0.2, 0.25) is 0 Å². The quantitative estimate of drug-likeness (QED) is 0.518. The standard InChI is InChI=1S/C24H34N4O2/c1-19-8-9-21(20(2)16-19)17-26-24(25-3)27-18-22-6-4-5-7-23(22)30-15-12-28-10-13-29-14-11-28/h4-9,16H,10-15,17-18H2,1-3H3,(H2,25,26,27). The minimum atomic E-state index is 0.653. The Balaban J connectivity index is 1.48. The molecule has 1 heterocycles. The van der Waals surface area contributed by atoms with Gasteiger partial charge in [0, 0.05) is 45.3 Å². The molecule has 2 aromatic carbocycles. The van der Waals surface area contributed by atoms with Crippen molar-refractivity contribution in [3.63, 3.8) is 0 Å². The molecule has 162 valence electrons. The average molecular weight is 411 g/mol. The molecule has 2 N–H and O–H groups in total. The van der Waals surface area contributed by atoms with Crippen molar-refractivity contribution < 1.29 is 9.47 Å². The van der Waals surface area contributed by atoms with E-state index in [2.05, 4.69) is 58.6 Å². The number of nitrogens with zero attached hydrogens (tertiary/aromatic N) is 2. The molecule has 0 aliphatic carbocycles. The normalized spacial score (nSPS) is 15.1. The lowest BCUT2D eigenvalue weighted by Crippen LogP contribution is -2.38. The van der Waals surface area contributed by atoms with E-state index in [1.807, 2.05) is 18.2 Å². The van der Waals surface area contributed by atoms with E-state index < -0.39 is 0 Å². The first-order valence-corrected chi connectivity index (χ1v) is 10.7. The monoisotopic (exact) mass is 410 g/mol. The number of morpholine rings is 1. The molecule has 3 rings (SSSR count). The number of guanidine groups is 1. The molecular formula is C24H34N4O2. The lowest BCUT2D eigenvalue weighted by molar-refractivity contribution is 0.0322. The van der Waals surface area contributed by atoms with E-state index in [1.165, 1.54) is 16.7 Å². The Morgan fingerprint density at radius 1 is 1.03 bits per heavy atom. The summed E-state index contributed by atoms with van der Waals surface area (Å²) in [5.41, 5.74) is 4.96. The molecule has 1 fully saturated rings. The van der Waals surface area contributed by atoms with Crippen molar-refractivity contribution in [1.29, 1.82) is 0 Å². The minimum absolute atomic E-state index is 0.653. The molecule has 0 atom stereocenters. The highest BCUT2D eigenvalue weighted by Gasteiger charge is 2.11. The predicted octanol–water partition coefficient (Wildman–Crippen LogP) is 2.88. The molecule has 30 heavy (non-hydrogen) atoms. The molecular weight excluding hydrogens is 376 g/mol. The maximum atomic E-state index is 6.08. The number of rotatable bonds is 8. The molecule has 1 saturated heterocycles. The summed E-state index contributed by atoms with van der Waals surface area (Å²) >= 11 is 0. The fourth-order valence-electron chi connectivity index (χ4n) is 3.52. The van der Waals surface area contributed by atoms with Crippen molar-refractivity contribution in [3.8, 4) is 5.75 Å². The van der Waals surface area contributed by atoms with E-state index in [-0.39, 0.29) is 0 Å². The second-order valence-electron chi connectivity index (χ2n) is 7.62. The molecule has 0 unspecified atom stereocenters. The highest BCUT2D eigenvalue weighted by molar-refractivity contribution is 5.79. The van der Waals surface area contributed by atoms with Crippen molar-refractivity contribution in [1.82, 2.24) is 15.5 Å². The Morgan fingerprint density at radius 3 is 2.50 bits per heavy atom. The number of hydrogen-bond donors (Lipinski definition) is 2. The molecule has 1 aliphatic heterocycles. The Hall–Kier alpha value is -2.57. The SMILES string of the molecule is CN=C(NCc1ccc(C)cc1C)NCc1ccccc1OCCN1CCOCC1. The van der Waals surface area contributed by atoms with Crippen LogP contribution in [0.2, 0.25) is 0 Å². The summed E-state index contributed by atoms with van der Waals surface area (Å²) in [6, 6.07) is 14.7. The molecule has 0 aromatic heterocycles. The molecule has 0 saturated carbocycles. The third kappa shape index (κ3) is 6.75. The molecule has 1 aliphatic rings. The van der Waals surface area contributed by atoms with Gasteiger partial charge < -0.3 is 20.1 Å². The van der Waals surface area contributed by atoms with Crippen LogP contribution in [0, 0.1) is 13.8 Å². The van der Waals surface area contributed by atoms with Gasteiger partial charge in [-0.3, -0.25) is 9.89 Å². The first-order valence-electron chi connectivity index (χ1n) is 10.7. The Morgan fingerprint density at radius 2 is 1.77 bits per heavy atom. The molecule has 6 nitrogen and oxygen atoms in total. The number of nitrogens with one attached hydrogen (secondary N) is 2. The smallest absolute Gasteiger partial charge is 0.191 e. The zero-order valence-electron chi connectivity index (χ0n) is 18.4. The van der Waals surface area contributed by atoms with E-state index in [9.17, 15) is 0 Å². The van der Waals surface area contributed by atoms with Crippen LogP contribution < -0.4 is 15.4 Å². The van der Waals surface area contributed by atoms with E-state index in [0.717, 1.165) is 56.7 Å². The number of benzene rings is 2. The first-order chi connectivity index (χ1) is 14.7. The van der Waals surface area contributed by atoms with Crippen LogP contribution in [0.3, 0.4) is 0 Å². The van der Waals surface area contributed by atoms with Gasteiger partial charge >= 0.3 is 0 Å². The van der Waals surface area contributed by atoms with Gasteiger partial charge in [0.15, 0.2) is 5.96 Å². The van der Waals surface area contributed by atoms with E-state index in [4.69, 9.17) is 9.47 Å². The minimum Gasteiger partial charge on any atom is -0.492 e. The zero-order valence-corrected chi connectivity index (χ0v) is 18.4. The van der Waals surface area contributed by atoms with E-state index in [0.29, 0.717) is 13.2 Å². The summed E-state index contributed by atoms with van der Waals surface area (Å²) in [6.07, 6.45) is 0. The summed E-state index contributed by atoms with van der Waals surface area (Å²) < 4.78 is 11.5. The molecule has 2 aromatic rings. The van der Waals surface area contributed by atoms with Crippen LogP contribution in [-0.2, 0) is 17.8 Å². The van der Waals surface area contributed by atoms with Crippen LogP contribution in [0.4, 0.5) is 0 Å². The van der Waals surface area contributed by atoms with Crippen molar-refractivity contribution in [2.45, 2.75) is 26.9 Å². The first kappa shape index (κ1) is 22.1. The lowest BCUT2D eigenvalue weighted by atomic mass is 10.1. The van der Waals surface area contributed by atoms with Gasteiger partial charge in [-0.15, -0.1) is 0 Å². The van der Waals surface area contributed by atoms with Crippen LogP contribution in [0.25, 0.3) is 0 Å². The largest absolute Gasteiger partial charge is 0.492 e. The number of ether oxygens (including phenoxy) is 2. The third-order valence-corrected chi connectivity index (χ3v) is 5.36. The highest BCUT2D eigenvalue weighted by Crippen LogP contribution is 2.18. The van der Waals surface area contributed by atoms with Crippen molar-refractivity contribution >= 4 is 5.96 Å². The number of para-hydroxylation sites is 1. The lowest BCUT2D eigenvalue weighted by Gasteiger charge is -2.26. The van der Waals surface area contributed by atoms with Gasteiger partial charge in [-0.25, -0.2) is 0 Å². The highest BCUT2D eigenvalue weighted by atomic mass is 16.5. The number of aryl methyl sites for hydroxylation is 2. The third-order valence-electron chi connectivity index (χ3n) is 5.36. The Kier molecular flexibility index (Phi) is 8.53. The molecule has 6 heteroatoms.